The highest BCUT2D eigenvalue weighted by atomic mass is 32.1. The minimum Gasteiger partial charge on any atom is -0.375 e. The van der Waals surface area contributed by atoms with E-state index in [0.29, 0.717) is 10.7 Å². The first-order chi connectivity index (χ1) is 11.6. The van der Waals surface area contributed by atoms with Crippen molar-refractivity contribution in [3.63, 3.8) is 0 Å². The number of nitrogens with two attached hydrogens (primary N) is 1. The Kier molecular flexibility index (Phi) is 3.43. The molecular weight excluding hydrogens is 318 g/mol. The molecule has 24 heavy (non-hydrogen) atoms. The van der Waals surface area contributed by atoms with Crippen molar-refractivity contribution >= 4 is 27.4 Å². The molecule has 0 aliphatic rings. The predicted molar refractivity (Wildman–Crippen MR) is 100 cm³/mol. The van der Waals surface area contributed by atoms with E-state index in [1.807, 2.05) is 60.0 Å². The van der Waals surface area contributed by atoms with Gasteiger partial charge in [0.05, 0.1) is 11.2 Å². The third-order valence-electron chi connectivity index (χ3n) is 4.15. The van der Waals surface area contributed by atoms with Crippen LogP contribution < -0.4 is 11.3 Å². The number of rotatable bonds is 2. The molecule has 0 saturated carbocycles. The van der Waals surface area contributed by atoms with Crippen molar-refractivity contribution in [3.8, 4) is 22.4 Å². The third-order valence-corrected chi connectivity index (χ3v) is 4.82. The summed E-state index contributed by atoms with van der Waals surface area (Å²) in [4.78, 5) is 17.0. The van der Waals surface area contributed by atoms with Crippen molar-refractivity contribution in [2.24, 2.45) is 7.05 Å². The van der Waals surface area contributed by atoms with E-state index in [0.717, 1.165) is 27.7 Å². The Labute approximate surface area is 142 Å². The van der Waals surface area contributed by atoms with Crippen molar-refractivity contribution in [1.29, 1.82) is 0 Å². The maximum Gasteiger partial charge on any atom is 0.258 e. The largest absolute Gasteiger partial charge is 0.375 e. The minimum absolute atomic E-state index is 0.000599. The molecule has 0 saturated heterocycles. The number of hydrogen-bond acceptors (Lipinski definition) is 4. The second kappa shape index (κ2) is 5.62. The molecule has 0 aliphatic heterocycles. The van der Waals surface area contributed by atoms with Gasteiger partial charge in [-0.25, -0.2) is 4.98 Å². The quantitative estimate of drug-likeness (QED) is 0.605. The van der Waals surface area contributed by atoms with Crippen LogP contribution in [0.2, 0.25) is 0 Å². The molecule has 2 aromatic carbocycles. The van der Waals surface area contributed by atoms with Gasteiger partial charge in [-0.1, -0.05) is 42.5 Å². The topological polar surface area (TPSA) is 60.9 Å². The minimum atomic E-state index is -0.000599. The number of hydrogen-bond donors (Lipinski definition) is 1. The van der Waals surface area contributed by atoms with Gasteiger partial charge >= 0.3 is 0 Å². The van der Waals surface area contributed by atoms with Gasteiger partial charge in [0.1, 0.15) is 0 Å². The third kappa shape index (κ3) is 2.39. The van der Waals surface area contributed by atoms with Gasteiger partial charge in [-0.2, -0.15) is 0 Å². The van der Waals surface area contributed by atoms with Crippen LogP contribution in [0.25, 0.3) is 33.3 Å². The van der Waals surface area contributed by atoms with E-state index in [1.54, 1.807) is 11.6 Å². The number of thiazole rings is 1. The van der Waals surface area contributed by atoms with Crippen LogP contribution in [0.4, 0.5) is 5.13 Å². The van der Waals surface area contributed by atoms with Crippen molar-refractivity contribution in [3.05, 3.63) is 70.3 Å². The van der Waals surface area contributed by atoms with Crippen molar-refractivity contribution < 1.29 is 0 Å². The number of pyridine rings is 1. The van der Waals surface area contributed by atoms with Gasteiger partial charge in [-0.05, 0) is 23.1 Å². The summed E-state index contributed by atoms with van der Waals surface area (Å²) in [6, 6.07) is 17.7. The van der Waals surface area contributed by atoms with Gasteiger partial charge in [0.2, 0.25) is 0 Å². The van der Waals surface area contributed by atoms with Crippen LogP contribution >= 0.6 is 11.3 Å². The SMILES string of the molecule is Cn1c(=O)c(-c2ccc(-c3csc(N)n3)cc2)cc2ccccc21. The van der Waals surface area contributed by atoms with Crippen LogP contribution in [0.1, 0.15) is 0 Å². The number of nitrogens with zero attached hydrogens (tertiary/aromatic N) is 2. The van der Waals surface area contributed by atoms with Crippen LogP contribution in [0.15, 0.2) is 64.8 Å². The fourth-order valence-corrected chi connectivity index (χ4v) is 3.44. The molecule has 4 nitrogen and oxygen atoms in total. The average Bonchev–Trinajstić information content (AvgIpc) is 3.05. The highest BCUT2D eigenvalue weighted by Gasteiger charge is 2.09. The standard InChI is InChI=1S/C19H15N3OS/c1-22-17-5-3-2-4-14(17)10-15(18(22)23)12-6-8-13(9-7-12)16-11-24-19(20)21-16/h2-11H,1H3,(H2,20,21). The van der Waals surface area contributed by atoms with Gasteiger partial charge in [0.25, 0.3) is 5.56 Å². The van der Waals surface area contributed by atoms with E-state index in [2.05, 4.69) is 4.98 Å². The van der Waals surface area contributed by atoms with E-state index in [1.165, 1.54) is 11.3 Å². The molecule has 4 aromatic rings. The molecular formula is C19H15N3OS. The summed E-state index contributed by atoms with van der Waals surface area (Å²) in [6.45, 7) is 0. The summed E-state index contributed by atoms with van der Waals surface area (Å²) < 4.78 is 1.69. The smallest absolute Gasteiger partial charge is 0.258 e. The molecule has 0 atom stereocenters. The fourth-order valence-electron chi connectivity index (χ4n) is 2.87. The highest BCUT2D eigenvalue weighted by Crippen LogP contribution is 2.26. The molecule has 0 spiro atoms. The number of para-hydroxylation sites is 1. The Hall–Kier alpha value is -2.92. The highest BCUT2D eigenvalue weighted by molar-refractivity contribution is 7.13. The summed E-state index contributed by atoms with van der Waals surface area (Å²) in [5.41, 5.74) is 10.1. The monoisotopic (exact) mass is 333 g/mol. The van der Waals surface area contributed by atoms with E-state index in [4.69, 9.17) is 5.73 Å². The first-order valence-corrected chi connectivity index (χ1v) is 8.42. The van der Waals surface area contributed by atoms with Crippen LogP contribution in [0, 0.1) is 0 Å². The van der Waals surface area contributed by atoms with Crippen LogP contribution in [0.5, 0.6) is 0 Å². The van der Waals surface area contributed by atoms with Gasteiger partial charge in [0, 0.05) is 23.6 Å². The number of fused-ring (bicyclic) bond motifs is 1. The number of anilines is 1. The zero-order chi connectivity index (χ0) is 16.7. The van der Waals surface area contributed by atoms with Gasteiger partial charge in [0.15, 0.2) is 5.13 Å². The number of aromatic nitrogens is 2. The molecule has 0 radical (unpaired) electrons. The maximum absolute atomic E-state index is 12.7. The lowest BCUT2D eigenvalue weighted by atomic mass is 10.0. The molecule has 0 aliphatic carbocycles. The molecule has 118 valence electrons. The first kappa shape index (κ1) is 14.7. The van der Waals surface area contributed by atoms with E-state index in [9.17, 15) is 4.79 Å². The first-order valence-electron chi connectivity index (χ1n) is 7.54. The summed E-state index contributed by atoms with van der Waals surface area (Å²) >= 11 is 1.42. The zero-order valence-electron chi connectivity index (χ0n) is 13.1. The summed E-state index contributed by atoms with van der Waals surface area (Å²) in [5.74, 6) is 0. The second-order valence-electron chi connectivity index (χ2n) is 5.63. The predicted octanol–water partition coefficient (Wildman–Crippen LogP) is 3.91. The Morgan fingerprint density at radius 1 is 1.04 bits per heavy atom. The normalized spacial score (nSPS) is 11.0. The summed E-state index contributed by atoms with van der Waals surface area (Å²) in [6.07, 6.45) is 0. The Bertz CT molecular complexity index is 1090. The van der Waals surface area contributed by atoms with E-state index < -0.39 is 0 Å². The molecule has 0 fully saturated rings. The lowest BCUT2D eigenvalue weighted by molar-refractivity contribution is 0.909. The van der Waals surface area contributed by atoms with E-state index >= 15 is 0 Å². The lowest BCUT2D eigenvalue weighted by Gasteiger charge is -2.09. The molecule has 0 unspecified atom stereocenters. The second-order valence-corrected chi connectivity index (χ2v) is 6.52. The molecule has 2 aromatic heterocycles. The van der Waals surface area contributed by atoms with Gasteiger partial charge < -0.3 is 10.3 Å². The van der Waals surface area contributed by atoms with Gasteiger partial charge in [-0.3, -0.25) is 4.79 Å². The lowest BCUT2D eigenvalue weighted by Crippen LogP contribution is -2.18. The molecule has 0 amide bonds. The molecule has 5 heteroatoms. The number of nitrogen functional groups attached to an aromatic ring is 1. The fraction of sp³-hybridized carbons (Fsp3) is 0.0526. The maximum atomic E-state index is 12.7. The average molecular weight is 333 g/mol. The van der Waals surface area contributed by atoms with Crippen molar-refractivity contribution in [2.45, 2.75) is 0 Å². The van der Waals surface area contributed by atoms with Crippen LogP contribution in [-0.2, 0) is 7.05 Å². The number of aryl methyl sites for hydroxylation is 1. The van der Waals surface area contributed by atoms with Crippen molar-refractivity contribution in [1.82, 2.24) is 9.55 Å². The zero-order valence-corrected chi connectivity index (χ0v) is 13.9. The Morgan fingerprint density at radius 2 is 1.75 bits per heavy atom. The molecule has 2 heterocycles. The van der Waals surface area contributed by atoms with Crippen molar-refractivity contribution in [2.75, 3.05) is 5.73 Å². The summed E-state index contributed by atoms with van der Waals surface area (Å²) in [7, 11) is 1.81. The molecule has 0 bridgehead atoms. The molecule has 2 N–H and O–H groups in total. The number of benzene rings is 2. The van der Waals surface area contributed by atoms with Crippen LogP contribution in [0.3, 0.4) is 0 Å². The van der Waals surface area contributed by atoms with E-state index in [-0.39, 0.29) is 5.56 Å². The summed E-state index contributed by atoms with van der Waals surface area (Å²) in [5, 5.41) is 3.53. The van der Waals surface area contributed by atoms with Crippen LogP contribution in [-0.4, -0.2) is 9.55 Å². The molecule has 4 rings (SSSR count). The Balaban J connectivity index is 1.83. The van der Waals surface area contributed by atoms with Gasteiger partial charge in [-0.15, -0.1) is 11.3 Å². The Morgan fingerprint density at radius 3 is 2.46 bits per heavy atom.